The van der Waals surface area contributed by atoms with E-state index in [9.17, 15) is 19.2 Å². The number of carboxylic acid groups (broad SMARTS) is 1. The Morgan fingerprint density at radius 2 is 1.13 bits per heavy atom. The highest BCUT2D eigenvalue weighted by molar-refractivity contribution is 6.32. The van der Waals surface area contributed by atoms with Crippen LogP contribution >= 0.6 is 23.2 Å². The van der Waals surface area contributed by atoms with E-state index in [1.165, 1.54) is 18.2 Å². The number of carbonyl (C=O) groups excluding carboxylic acids is 3. The van der Waals surface area contributed by atoms with Gasteiger partial charge >= 0.3 is 18.2 Å². The van der Waals surface area contributed by atoms with E-state index >= 15 is 0 Å². The SMILES string of the molecule is CC(C)(C)OC(=O)NCc1ccc(C(=O)O)cc1Cl.CC(C)(C)OC(=O)NCc1ccc(C(N)=O)cc1Cl. The van der Waals surface area contributed by atoms with Gasteiger partial charge in [0.2, 0.25) is 5.91 Å². The summed E-state index contributed by atoms with van der Waals surface area (Å²) in [6.07, 6.45) is -1.08. The molecule has 0 aliphatic rings. The Balaban J connectivity index is 0.000000380. The molecule has 0 aliphatic heterocycles. The van der Waals surface area contributed by atoms with Gasteiger partial charge in [-0.2, -0.15) is 0 Å². The lowest BCUT2D eigenvalue weighted by Crippen LogP contribution is -2.32. The quantitative estimate of drug-likeness (QED) is 0.356. The van der Waals surface area contributed by atoms with Crippen LogP contribution in [0.4, 0.5) is 9.59 Å². The van der Waals surface area contributed by atoms with Crippen molar-refractivity contribution in [1.29, 1.82) is 0 Å². The molecule has 12 heteroatoms. The minimum absolute atomic E-state index is 0.103. The Labute approximate surface area is 231 Å². The molecule has 2 aromatic rings. The molecular formula is C26H33Cl2N3O7. The number of amides is 3. The summed E-state index contributed by atoms with van der Waals surface area (Å²) in [4.78, 5) is 44.6. The van der Waals surface area contributed by atoms with Crippen LogP contribution in [0, 0.1) is 0 Å². The second-order valence-corrected chi connectivity index (χ2v) is 10.8. The monoisotopic (exact) mass is 569 g/mol. The van der Waals surface area contributed by atoms with Gasteiger partial charge in [0.05, 0.1) is 5.56 Å². The molecule has 0 spiro atoms. The molecule has 0 aliphatic carbocycles. The Morgan fingerprint density at radius 3 is 1.45 bits per heavy atom. The number of rotatable bonds is 6. The average molecular weight is 570 g/mol. The predicted molar refractivity (Wildman–Crippen MR) is 145 cm³/mol. The van der Waals surface area contributed by atoms with Gasteiger partial charge in [-0.05, 0) is 76.9 Å². The van der Waals surface area contributed by atoms with E-state index < -0.39 is 35.3 Å². The van der Waals surface area contributed by atoms with Crippen molar-refractivity contribution in [2.75, 3.05) is 0 Å². The van der Waals surface area contributed by atoms with Gasteiger partial charge in [0.1, 0.15) is 11.2 Å². The lowest BCUT2D eigenvalue weighted by molar-refractivity contribution is 0.0512. The van der Waals surface area contributed by atoms with Crippen LogP contribution in [-0.2, 0) is 22.6 Å². The van der Waals surface area contributed by atoms with Gasteiger partial charge in [-0.15, -0.1) is 0 Å². The van der Waals surface area contributed by atoms with Crippen molar-refractivity contribution in [3.63, 3.8) is 0 Å². The highest BCUT2D eigenvalue weighted by Crippen LogP contribution is 2.19. The van der Waals surface area contributed by atoms with Crippen LogP contribution in [0.1, 0.15) is 73.4 Å². The van der Waals surface area contributed by atoms with Crippen LogP contribution in [0.15, 0.2) is 36.4 Å². The highest BCUT2D eigenvalue weighted by Gasteiger charge is 2.17. The summed E-state index contributed by atoms with van der Waals surface area (Å²) in [5.41, 5.74) is 5.75. The number of carbonyl (C=O) groups is 4. The molecule has 0 fully saturated rings. The normalized spacial score (nSPS) is 10.9. The van der Waals surface area contributed by atoms with Crippen molar-refractivity contribution in [3.8, 4) is 0 Å². The van der Waals surface area contributed by atoms with Crippen molar-refractivity contribution >= 4 is 47.3 Å². The van der Waals surface area contributed by atoms with Gasteiger partial charge in [-0.3, -0.25) is 4.79 Å². The first kappa shape index (κ1) is 32.5. The van der Waals surface area contributed by atoms with Crippen molar-refractivity contribution in [3.05, 3.63) is 68.7 Å². The largest absolute Gasteiger partial charge is 0.478 e. The number of hydrogen-bond acceptors (Lipinski definition) is 6. The lowest BCUT2D eigenvalue weighted by Gasteiger charge is -2.19. The molecule has 0 radical (unpaired) electrons. The zero-order valence-electron chi connectivity index (χ0n) is 22.1. The van der Waals surface area contributed by atoms with Crippen molar-refractivity contribution < 1.29 is 33.8 Å². The van der Waals surface area contributed by atoms with Crippen molar-refractivity contribution in [1.82, 2.24) is 10.6 Å². The molecule has 3 amide bonds. The third kappa shape index (κ3) is 12.6. The summed E-state index contributed by atoms with van der Waals surface area (Å²) < 4.78 is 10.2. The molecule has 0 heterocycles. The van der Waals surface area contributed by atoms with E-state index in [2.05, 4.69) is 10.6 Å². The van der Waals surface area contributed by atoms with Crippen molar-refractivity contribution in [2.24, 2.45) is 5.73 Å². The van der Waals surface area contributed by atoms with E-state index in [0.29, 0.717) is 21.7 Å². The van der Waals surface area contributed by atoms with Gasteiger partial charge in [-0.25, -0.2) is 14.4 Å². The maximum Gasteiger partial charge on any atom is 0.407 e. The number of benzene rings is 2. The number of alkyl carbamates (subject to hydrolysis) is 2. The van der Waals surface area contributed by atoms with E-state index in [0.717, 1.165) is 0 Å². The van der Waals surface area contributed by atoms with Crippen LogP contribution < -0.4 is 16.4 Å². The second-order valence-electron chi connectivity index (χ2n) is 9.99. The summed E-state index contributed by atoms with van der Waals surface area (Å²) in [7, 11) is 0. The molecule has 0 atom stereocenters. The van der Waals surface area contributed by atoms with Crippen molar-refractivity contribution in [2.45, 2.75) is 65.8 Å². The van der Waals surface area contributed by atoms with Crippen LogP contribution in [0.25, 0.3) is 0 Å². The van der Waals surface area contributed by atoms with E-state index in [1.54, 1.807) is 59.7 Å². The third-order valence-electron chi connectivity index (χ3n) is 4.28. The zero-order chi connectivity index (χ0) is 29.3. The minimum Gasteiger partial charge on any atom is -0.478 e. The molecule has 5 N–H and O–H groups in total. The highest BCUT2D eigenvalue weighted by atomic mass is 35.5. The number of aromatic carboxylic acids is 1. The van der Waals surface area contributed by atoms with Gasteiger partial charge in [0, 0.05) is 28.7 Å². The first-order valence-electron chi connectivity index (χ1n) is 11.4. The maximum atomic E-state index is 11.5. The third-order valence-corrected chi connectivity index (χ3v) is 4.99. The topological polar surface area (TPSA) is 157 Å². The summed E-state index contributed by atoms with van der Waals surface area (Å²) >= 11 is 11.9. The Hall–Kier alpha value is -3.50. The number of carboxylic acids is 1. The van der Waals surface area contributed by atoms with Crippen LogP contribution in [0.3, 0.4) is 0 Å². The smallest absolute Gasteiger partial charge is 0.407 e. The van der Waals surface area contributed by atoms with Crippen LogP contribution in [-0.4, -0.2) is 40.4 Å². The summed E-state index contributed by atoms with van der Waals surface area (Å²) in [5.74, 6) is -1.60. The Bertz CT molecular complexity index is 1080. The standard InChI is InChI=1S/C13H17ClN2O3.C13H16ClNO4/c1-13(2,3)19-12(18)16-7-9-5-4-8(11(15)17)6-10(9)14;1-13(2,3)19-12(18)15-7-9-5-4-8(11(16)17)6-10(9)14/h4-6H,7H2,1-3H3,(H2,15,17)(H,16,18);4-6H,7H2,1-3H3,(H,15,18)(H,16,17). The van der Waals surface area contributed by atoms with Crippen LogP contribution in [0.5, 0.6) is 0 Å². The molecule has 0 bridgehead atoms. The van der Waals surface area contributed by atoms with E-state index in [1.807, 2.05) is 0 Å². The number of nitrogens with two attached hydrogens (primary N) is 1. The molecule has 10 nitrogen and oxygen atoms in total. The van der Waals surface area contributed by atoms with E-state index in [-0.39, 0.29) is 23.7 Å². The van der Waals surface area contributed by atoms with Gasteiger partial charge in [0.15, 0.2) is 0 Å². The number of nitrogens with one attached hydrogen (secondary N) is 2. The van der Waals surface area contributed by atoms with Crippen LogP contribution in [0.2, 0.25) is 10.0 Å². The van der Waals surface area contributed by atoms with Gasteiger partial charge < -0.3 is 30.9 Å². The number of primary amides is 1. The lowest BCUT2D eigenvalue weighted by atomic mass is 10.1. The number of ether oxygens (including phenoxy) is 2. The molecule has 2 rings (SSSR count). The summed E-state index contributed by atoms with van der Waals surface area (Å²) in [6.45, 7) is 11.0. The maximum absolute atomic E-state index is 11.5. The fraction of sp³-hybridized carbons (Fsp3) is 0.385. The molecule has 0 saturated carbocycles. The predicted octanol–water partition coefficient (Wildman–Crippen LogP) is 5.53. The number of halogens is 2. The van der Waals surface area contributed by atoms with E-state index in [4.69, 9.17) is 43.5 Å². The van der Waals surface area contributed by atoms with Gasteiger partial charge in [0.25, 0.3) is 0 Å². The minimum atomic E-state index is -1.05. The molecule has 0 unspecified atom stereocenters. The van der Waals surface area contributed by atoms with Gasteiger partial charge in [-0.1, -0.05) is 35.3 Å². The summed E-state index contributed by atoms with van der Waals surface area (Å²) in [6, 6.07) is 9.00. The average Bonchev–Trinajstić information content (AvgIpc) is 2.75. The number of hydrogen-bond donors (Lipinski definition) is 4. The summed E-state index contributed by atoms with van der Waals surface area (Å²) in [5, 5.41) is 14.6. The molecular weight excluding hydrogens is 537 g/mol. The fourth-order valence-electron chi connectivity index (χ4n) is 2.63. The molecule has 2 aromatic carbocycles. The fourth-order valence-corrected chi connectivity index (χ4v) is 3.13. The molecule has 0 saturated heterocycles. The molecule has 38 heavy (non-hydrogen) atoms. The first-order valence-corrected chi connectivity index (χ1v) is 12.2. The molecule has 0 aromatic heterocycles. The Morgan fingerprint density at radius 1 is 0.763 bits per heavy atom. The second kappa shape index (κ2) is 13.9. The zero-order valence-corrected chi connectivity index (χ0v) is 23.6. The molecule has 208 valence electrons. The first-order chi connectivity index (χ1) is 17.4. The Kier molecular flexibility index (Phi) is 11.9.